The number of amides is 1. The third-order valence-electron chi connectivity index (χ3n) is 4.68. The van der Waals surface area contributed by atoms with Gasteiger partial charge >= 0.3 is 0 Å². The fraction of sp³-hybridized carbons (Fsp3) is 0.750. The number of carbonyl (C=O) groups is 1. The molecule has 0 bridgehead atoms. The van der Waals surface area contributed by atoms with Gasteiger partial charge in [-0.2, -0.15) is 5.10 Å². The lowest BCUT2D eigenvalue weighted by molar-refractivity contribution is -0.131. The van der Waals surface area contributed by atoms with Crippen molar-refractivity contribution in [3.05, 3.63) is 17.0 Å². The lowest BCUT2D eigenvalue weighted by Crippen LogP contribution is -2.32. The van der Waals surface area contributed by atoms with E-state index in [2.05, 4.69) is 15.1 Å². The van der Waals surface area contributed by atoms with Gasteiger partial charge in [0, 0.05) is 31.6 Å². The van der Waals surface area contributed by atoms with Crippen molar-refractivity contribution < 1.29 is 4.79 Å². The van der Waals surface area contributed by atoms with Crippen LogP contribution in [0.2, 0.25) is 0 Å². The number of hydrogen-bond acceptors (Lipinski definition) is 2. The zero-order chi connectivity index (χ0) is 13.8. The van der Waals surface area contributed by atoms with Crippen LogP contribution >= 0.6 is 0 Å². The number of aryl methyl sites for hydroxylation is 2. The topological polar surface area (TPSA) is 49.0 Å². The Balaban J connectivity index is 1.56. The first-order valence-corrected chi connectivity index (χ1v) is 8.17. The Morgan fingerprint density at radius 1 is 1.05 bits per heavy atom. The Morgan fingerprint density at radius 3 is 2.60 bits per heavy atom. The third-order valence-corrected chi connectivity index (χ3v) is 4.68. The van der Waals surface area contributed by atoms with Crippen molar-refractivity contribution in [2.45, 2.75) is 64.2 Å². The summed E-state index contributed by atoms with van der Waals surface area (Å²) in [5.74, 6) is 0.319. The minimum absolute atomic E-state index is 0.319. The number of aromatic amines is 1. The molecule has 0 spiro atoms. The average molecular weight is 275 g/mol. The summed E-state index contributed by atoms with van der Waals surface area (Å²) in [5, 5.41) is 7.60. The normalized spacial score (nSPS) is 19.5. The van der Waals surface area contributed by atoms with Gasteiger partial charge in [0.25, 0.3) is 0 Å². The highest BCUT2D eigenvalue weighted by Gasteiger charge is 2.19. The van der Waals surface area contributed by atoms with Gasteiger partial charge in [-0.25, -0.2) is 0 Å². The molecule has 2 heterocycles. The molecule has 1 saturated heterocycles. The number of likely N-dealkylation sites (tertiary alicyclic amines) is 1. The number of nitrogens with zero attached hydrogens (tertiary/aromatic N) is 2. The summed E-state index contributed by atoms with van der Waals surface area (Å²) >= 11 is 0. The van der Waals surface area contributed by atoms with Crippen LogP contribution in [0.1, 0.15) is 61.9 Å². The highest BCUT2D eigenvalue weighted by atomic mass is 16.2. The molecule has 1 aromatic heterocycles. The van der Waals surface area contributed by atoms with Crippen LogP contribution in [0.3, 0.4) is 0 Å². The first-order chi connectivity index (χ1) is 9.84. The minimum Gasteiger partial charge on any atom is -0.343 e. The van der Waals surface area contributed by atoms with E-state index in [4.69, 9.17) is 0 Å². The largest absolute Gasteiger partial charge is 0.343 e. The van der Waals surface area contributed by atoms with E-state index < -0.39 is 0 Å². The third kappa shape index (κ3) is 3.05. The lowest BCUT2D eigenvalue weighted by Gasteiger charge is -2.20. The molecular weight excluding hydrogens is 250 g/mol. The summed E-state index contributed by atoms with van der Waals surface area (Å²) in [6.07, 6.45) is 11.1. The van der Waals surface area contributed by atoms with Crippen molar-refractivity contribution >= 4 is 5.91 Å². The van der Waals surface area contributed by atoms with Crippen molar-refractivity contribution in [3.63, 3.8) is 0 Å². The van der Waals surface area contributed by atoms with Crippen LogP contribution in [0.5, 0.6) is 0 Å². The lowest BCUT2D eigenvalue weighted by atomic mass is 9.94. The first kappa shape index (κ1) is 13.7. The van der Waals surface area contributed by atoms with Crippen LogP contribution in [0, 0.1) is 0 Å². The number of aromatic nitrogens is 2. The molecule has 2 aliphatic rings. The number of hydrogen-bond donors (Lipinski definition) is 1. The summed E-state index contributed by atoms with van der Waals surface area (Å²) in [5.41, 5.74) is 3.86. The monoisotopic (exact) mass is 275 g/mol. The molecule has 1 aliphatic carbocycles. The van der Waals surface area contributed by atoms with E-state index in [-0.39, 0.29) is 0 Å². The molecule has 20 heavy (non-hydrogen) atoms. The van der Waals surface area contributed by atoms with Crippen molar-refractivity contribution in [3.8, 4) is 0 Å². The maximum atomic E-state index is 12.3. The number of fused-ring (bicyclic) bond motifs is 1. The zero-order valence-electron chi connectivity index (χ0n) is 12.3. The molecule has 0 saturated carbocycles. The Hall–Kier alpha value is -1.32. The molecule has 1 N–H and O–H groups in total. The predicted octanol–water partition coefficient (Wildman–Crippen LogP) is 2.62. The number of rotatable bonds is 3. The molecule has 3 rings (SSSR count). The molecule has 1 fully saturated rings. The van der Waals surface area contributed by atoms with Gasteiger partial charge in [0.1, 0.15) is 0 Å². The molecular formula is C16H25N3O. The molecule has 1 aromatic rings. The van der Waals surface area contributed by atoms with Gasteiger partial charge in [0.15, 0.2) is 0 Å². The first-order valence-electron chi connectivity index (χ1n) is 8.17. The van der Waals surface area contributed by atoms with E-state index in [1.54, 1.807) is 0 Å². The summed E-state index contributed by atoms with van der Waals surface area (Å²) in [6, 6.07) is 0. The zero-order valence-corrected chi connectivity index (χ0v) is 12.3. The maximum Gasteiger partial charge on any atom is 0.222 e. The Morgan fingerprint density at radius 2 is 1.80 bits per heavy atom. The fourth-order valence-electron chi connectivity index (χ4n) is 3.46. The standard InChI is InChI=1S/C16H25N3O/c20-16(19-11-5-1-2-6-12-19)10-9-15-13-7-3-4-8-14(13)17-18-15/h1-12H2,(H,17,18). The van der Waals surface area contributed by atoms with E-state index in [1.165, 1.54) is 49.8 Å². The second-order valence-electron chi connectivity index (χ2n) is 6.13. The second-order valence-corrected chi connectivity index (χ2v) is 6.13. The molecule has 1 aliphatic heterocycles. The predicted molar refractivity (Wildman–Crippen MR) is 78.6 cm³/mol. The van der Waals surface area contributed by atoms with Crippen LogP contribution < -0.4 is 0 Å². The molecule has 0 aromatic carbocycles. The SMILES string of the molecule is O=C(CCc1n[nH]c2c1CCCC2)N1CCCCCC1. The van der Waals surface area contributed by atoms with Gasteiger partial charge in [0.2, 0.25) is 5.91 Å². The van der Waals surface area contributed by atoms with Crippen LogP contribution in [-0.4, -0.2) is 34.1 Å². The van der Waals surface area contributed by atoms with Crippen LogP contribution in [-0.2, 0) is 24.1 Å². The highest BCUT2D eigenvalue weighted by molar-refractivity contribution is 5.76. The van der Waals surface area contributed by atoms with E-state index in [1.807, 2.05) is 0 Å². The van der Waals surface area contributed by atoms with Gasteiger partial charge in [-0.3, -0.25) is 9.89 Å². The smallest absolute Gasteiger partial charge is 0.222 e. The Labute approximate surface area is 120 Å². The summed E-state index contributed by atoms with van der Waals surface area (Å²) in [6.45, 7) is 1.91. The molecule has 4 nitrogen and oxygen atoms in total. The number of H-pyrrole nitrogens is 1. The molecule has 110 valence electrons. The molecule has 0 radical (unpaired) electrons. The molecule has 0 unspecified atom stereocenters. The average Bonchev–Trinajstić information content (AvgIpc) is 2.70. The summed E-state index contributed by atoms with van der Waals surface area (Å²) in [7, 11) is 0. The van der Waals surface area contributed by atoms with E-state index in [9.17, 15) is 4.79 Å². The van der Waals surface area contributed by atoms with Gasteiger partial charge in [0.05, 0.1) is 5.69 Å². The Bertz CT molecular complexity index is 458. The van der Waals surface area contributed by atoms with Crippen molar-refractivity contribution in [1.82, 2.24) is 15.1 Å². The number of carbonyl (C=O) groups excluding carboxylic acids is 1. The summed E-state index contributed by atoms with van der Waals surface area (Å²) < 4.78 is 0. The van der Waals surface area contributed by atoms with E-state index in [0.29, 0.717) is 12.3 Å². The quantitative estimate of drug-likeness (QED) is 0.922. The highest BCUT2D eigenvalue weighted by Crippen LogP contribution is 2.23. The molecule has 0 atom stereocenters. The van der Waals surface area contributed by atoms with Gasteiger partial charge in [-0.1, -0.05) is 12.8 Å². The van der Waals surface area contributed by atoms with Gasteiger partial charge in [-0.05, 0) is 44.1 Å². The van der Waals surface area contributed by atoms with Crippen molar-refractivity contribution in [2.75, 3.05) is 13.1 Å². The van der Waals surface area contributed by atoms with Crippen LogP contribution in [0.15, 0.2) is 0 Å². The fourth-order valence-corrected chi connectivity index (χ4v) is 3.46. The van der Waals surface area contributed by atoms with Gasteiger partial charge in [-0.15, -0.1) is 0 Å². The van der Waals surface area contributed by atoms with Crippen molar-refractivity contribution in [2.24, 2.45) is 0 Å². The van der Waals surface area contributed by atoms with E-state index in [0.717, 1.165) is 38.0 Å². The van der Waals surface area contributed by atoms with Crippen LogP contribution in [0.4, 0.5) is 0 Å². The Kier molecular flexibility index (Phi) is 4.38. The van der Waals surface area contributed by atoms with Crippen molar-refractivity contribution in [1.29, 1.82) is 0 Å². The van der Waals surface area contributed by atoms with Crippen LogP contribution in [0.25, 0.3) is 0 Å². The second kappa shape index (κ2) is 6.42. The minimum atomic E-state index is 0.319. The summed E-state index contributed by atoms with van der Waals surface area (Å²) in [4.78, 5) is 14.4. The van der Waals surface area contributed by atoms with E-state index >= 15 is 0 Å². The molecule has 1 amide bonds. The van der Waals surface area contributed by atoms with Gasteiger partial charge < -0.3 is 4.90 Å². The molecule has 4 heteroatoms. The maximum absolute atomic E-state index is 12.3. The number of nitrogens with one attached hydrogen (secondary N) is 1.